The molecule has 0 heterocycles. The molecule has 0 saturated carbocycles. The number of nitro benzene ring substituents is 1. The number of carbonyl (C=O) groups excluding carboxylic acids is 1. The van der Waals surface area contributed by atoms with E-state index < -0.39 is 22.3 Å². The molecule has 0 spiro atoms. The Balaban J connectivity index is 3.20. The molecule has 1 aromatic carbocycles. The Morgan fingerprint density at radius 2 is 1.91 bits per heavy atom. The fourth-order valence-electron chi connectivity index (χ4n) is 2.32. The van der Waals surface area contributed by atoms with E-state index >= 15 is 0 Å². The van der Waals surface area contributed by atoms with Crippen LogP contribution in [0.5, 0.6) is 0 Å². The third-order valence-electron chi connectivity index (χ3n) is 3.60. The number of aryl methyl sites for hydroxylation is 2. The lowest BCUT2D eigenvalue weighted by Gasteiger charge is -2.26. The third-order valence-corrected chi connectivity index (χ3v) is 3.60. The van der Waals surface area contributed by atoms with Crippen LogP contribution in [-0.4, -0.2) is 27.4 Å². The Hall–Kier alpha value is -2.44. The molecule has 0 aliphatic carbocycles. The van der Waals surface area contributed by atoms with E-state index in [0.29, 0.717) is 17.5 Å². The molecule has 7 heteroatoms. The van der Waals surface area contributed by atoms with Crippen molar-refractivity contribution >= 4 is 17.6 Å². The van der Waals surface area contributed by atoms with Crippen LogP contribution in [0, 0.1) is 24.0 Å². The molecule has 0 radical (unpaired) electrons. The molecule has 0 fully saturated rings. The Labute approximate surface area is 128 Å². The summed E-state index contributed by atoms with van der Waals surface area (Å²) in [5.74, 6) is -1.76. The first kappa shape index (κ1) is 17.6. The predicted molar refractivity (Wildman–Crippen MR) is 81.0 cm³/mol. The average Bonchev–Trinajstić information content (AvgIpc) is 2.37. The highest BCUT2D eigenvalue weighted by atomic mass is 16.6. The molecule has 0 aliphatic rings. The van der Waals surface area contributed by atoms with E-state index in [9.17, 15) is 24.8 Å². The van der Waals surface area contributed by atoms with Crippen molar-refractivity contribution in [2.75, 3.05) is 0 Å². The molecule has 0 bridgehead atoms. The predicted octanol–water partition coefficient (Wildman–Crippen LogP) is 2.58. The highest BCUT2D eigenvalue weighted by molar-refractivity contribution is 5.99. The first-order chi connectivity index (χ1) is 10.1. The molecule has 0 saturated heterocycles. The van der Waals surface area contributed by atoms with E-state index in [1.54, 1.807) is 19.9 Å². The lowest BCUT2D eigenvalue weighted by Crippen LogP contribution is -2.52. The second kappa shape index (κ2) is 6.55. The van der Waals surface area contributed by atoms with Crippen molar-refractivity contribution in [2.45, 2.75) is 46.1 Å². The van der Waals surface area contributed by atoms with Crippen LogP contribution in [0.25, 0.3) is 0 Å². The van der Waals surface area contributed by atoms with Crippen molar-refractivity contribution in [3.8, 4) is 0 Å². The molecule has 1 aromatic rings. The highest BCUT2D eigenvalue weighted by Crippen LogP contribution is 2.23. The second-order valence-corrected chi connectivity index (χ2v) is 5.55. The molecular formula is C15H20N2O5. The summed E-state index contributed by atoms with van der Waals surface area (Å²) in [7, 11) is 0. The van der Waals surface area contributed by atoms with Crippen molar-refractivity contribution in [3.05, 3.63) is 38.9 Å². The SMILES string of the molecule is CCCC(C)(NC(=O)c1cc([N+](=O)[O-])c(C)cc1C)C(=O)O. The lowest BCUT2D eigenvalue weighted by molar-refractivity contribution is -0.385. The van der Waals surface area contributed by atoms with E-state index in [0.717, 1.165) is 0 Å². The van der Waals surface area contributed by atoms with E-state index in [1.165, 1.54) is 13.0 Å². The van der Waals surface area contributed by atoms with Gasteiger partial charge in [0, 0.05) is 17.2 Å². The summed E-state index contributed by atoms with van der Waals surface area (Å²) >= 11 is 0. The first-order valence-corrected chi connectivity index (χ1v) is 6.94. The lowest BCUT2D eigenvalue weighted by atomic mass is 9.95. The van der Waals surface area contributed by atoms with Gasteiger partial charge in [-0.3, -0.25) is 14.9 Å². The van der Waals surface area contributed by atoms with Gasteiger partial charge in [0.2, 0.25) is 0 Å². The van der Waals surface area contributed by atoms with Crippen LogP contribution >= 0.6 is 0 Å². The van der Waals surface area contributed by atoms with Gasteiger partial charge in [0.15, 0.2) is 0 Å². The summed E-state index contributed by atoms with van der Waals surface area (Å²) in [6, 6.07) is 2.74. The van der Waals surface area contributed by atoms with Crippen molar-refractivity contribution in [3.63, 3.8) is 0 Å². The number of aliphatic carboxylic acids is 1. The van der Waals surface area contributed by atoms with E-state index in [-0.39, 0.29) is 17.7 Å². The van der Waals surface area contributed by atoms with E-state index in [2.05, 4.69) is 5.32 Å². The van der Waals surface area contributed by atoms with Gasteiger partial charge in [-0.2, -0.15) is 0 Å². The van der Waals surface area contributed by atoms with Crippen LogP contribution in [0.15, 0.2) is 12.1 Å². The molecule has 0 aromatic heterocycles. The van der Waals surface area contributed by atoms with Crippen LogP contribution in [0.3, 0.4) is 0 Å². The number of nitro groups is 1. The molecule has 7 nitrogen and oxygen atoms in total. The smallest absolute Gasteiger partial charge is 0.329 e. The van der Waals surface area contributed by atoms with Crippen LogP contribution in [0.2, 0.25) is 0 Å². The number of hydrogen-bond donors (Lipinski definition) is 2. The van der Waals surface area contributed by atoms with Gasteiger partial charge in [-0.05, 0) is 38.8 Å². The number of carbonyl (C=O) groups is 2. The van der Waals surface area contributed by atoms with E-state index in [1.807, 2.05) is 6.92 Å². The minimum Gasteiger partial charge on any atom is -0.480 e. The zero-order valence-electron chi connectivity index (χ0n) is 13.1. The number of nitrogens with zero attached hydrogens (tertiary/aromatic N) is 1. The van der Waals surface area contributed by atoms with Crippen LogP contribution in [0.4, 0.5) is 5.69 Å². The third kappa shape index (κ3) is 3.60. The van der Waals surface area contributed by atoms with Gasteiger partial charge in [-0.1, -0.05) is 13.3 Å². The summed E-state index contributed by atoms with van der Waals surface area (Å²) < 4.78 is 0. The molecule has 120 valence electrons. The first-order valence-electron chi connectivity index (χ1n) is 6.94. The van der Waals surface area contributed by atoms with Crippen LogP contribution in [0.1, 0.15) is 48.2 Å². The number of hydrogen-bond acceptors (Lipinski definition) is 4. The number of carboxylic acid groups (broad SMARTS) is 1. The summed E-state index contributed by atoms with van der Waals surface area (Å²) in [4.78, 5) is 34.1. The van der Waals surface area contributed by atoms with Gasteiger partial charge in [0.25, 0.3) is 11.6 Å². The molecule has 1 unspecified atom stereocenters. The maximum absolute atomic E-state index is 12.3. The maximum atomic E-state index is 12.3. The van der Waals surface area contributed by atoms with Gasteiger partial charge >= 0.3 is 5.97 Å². The summed E-state index contributed by atoms with van der Waals surface area (Å²) in [6.45, 7) is 6.48. The average molecular weight is 308 g/mol. The Bertz CT molecular complexity index is 627. The molecule has 1 atom stereocenters. The Kier molecular flexibility index (Phi) is 5.24. The van der Waals surface area contributed by atoms with Gasteiger partial charge in [0.05, 0.1) is 4.92 Å². The Morgan fingerprint density at radius 3 is 2.36 bits per heavy atom. The van der Waals surface area contributed by atoms with Gasteiger partial charge in [0.1, 0.15) is 5.54 Å². The summed E-state index contributed by atoms with van der Waals surface area (Å²) in [5.41, 5.74) is -0.444. The number of rotatable bonds is 6. The number of benzene rings is 1. The molecule has 0 aliphatic heterocycles. The van der Waals surface area contributed by atoms with Gasteiger partial charge < -0.3 is 10.4 Å². The monoisotopic (exact) mass is 308 g/mol. The van der Waals surface area contributed by atoms with Gasteiger partial charge in [-0.25, -0.2) is 4.79 Å². The van der Waals surface area contributed by atoms with Crippen LogP contribution in [-0.2, 0) is 4.79 Å². The second-order valence-electron chi connectivity index (χ2n) is 5.55. The standard InChI is InChI=1S/C15H20N2O5/c1-5-6-15(4,14(19)20)16-13(18)11-8-12(17(21)22)10(3)7-9(11)2/h7-8H,5-6H2,1-4H3,(H,16,18)(H,19,20). The minimum absolute atomic E-state index is 0.112. The minimum atomic E-state index is -1.40. The van der Waals surface area contributed by atoms with Crippen molar-refractivity contribution in [1.82, 2.24) is 5.32 Å². The number of amides is 1. The normalized spacial score (nSPS) is 13.3. The van der Waals surface area contributed by atoms with Crippen molar-refractivity contribution in [1.29, 1.82) is 0 Å². The molecule has 1 rings (SSSR count). The maximum Gasteiger partial charge on any atom is 0.329 e. The van der Waals surface area contributed by atoms with Gasteiger partial charge in [-0.15, -0.1) is 0 Å². The Morgan fingerprint density at radius 1 is 1.32 bits per heavy atom. The van der Waals surface area contributed by atoms with E-state index in [4.69, 9.17) is 0 Å². The topological polar surface area (TPSA) is 110 Å². The molecule has 1 amide bonds. The quantitative estimate of drug-likeness (QED) is 0.620. The zero-order chi connectivity index (χ0) is 17.1. The zero-order valence-corrected chi connectivity index (χ0v) is 13.1. The van der Waals surface area contributed by atoms with Crippen molar-refractivity contribution < 1.29 is 19.6 Å². The molecule has 22 heavy (non-hydrogen) atoms. The van der Waals surface area contributed by atoms with Crippen molar-refractivity contribution in [2.24, 2.45) is 0 Å². The molecular weight excluding hydrogens is 288 g/mol. The number of carboxylic acids is 1. The fraction of sp³-hybridized carbons (Fsp3) is 0.467. The number of nitrogens with one attached hydrogen (secondary N) is 1. The van der Waals surface area contributed by atoms with Crippen LogP contribution < -0.4 is 5.32 Å². The molecule has 2 N–H and O–H groups in total. The largest absolute Gasteiger partial charge is 0.480 e. The summed E-state index contributed by atoms with van der Waals surface area (Å²) in [6.07, 6.45) is 0.844. The highest BCUT2D eigenvalue weighted by Gasteiger charge is 2.34. The fourth-order valence-corrected chi connectivity index (χ4v) is 2.32. The summed E-state index contributed by atoms with van der Waals surface area (Å²) in [5, 5.41) is 22.8.